The minimum absolute atomic E-state index is 0.300. The van der Waals surface area contributed by atoms with Crippen molar-refractivity contribution >= 4 is 17.1 Å². The van der Waals surface area contributed by atoms with Crippen LogP contribution in [0.3, 0.4) is 0 Å². The summed E-state index contributed by atoms with van der Waals surface area (Å²) in [5.74, 6) is -0.142. The minimum Gasteiger partial charge on any atom is -0.464 e. The van der Waals surface area contributed by atoms with Gasteiger partial charge in [0.15, 0.2) is 0 Å². The third-order valence-electron chi connectivity index (χ3n) is 6.39. The molecule has 0 spiro atoms. The van der Waals surface area contributed by atoms with Gasteiger partial charge in [0.05, 0.1) is 24.4 Å². The molecule has 28 heavy (non-hydrogen) atoms. The first-order valence-corrected chi connectivity index (χ1v) is 9.32. The maximum absolute atomic E-state index is 13.0. The van der Waals surface area contributed by atoms with Gasteiger partial charge in [-0.2, -0.15) is 0 Å². The van der Waals surface area contributed by atoms with Gasteiger partial charge < -0.3 is 8.83 Å². The second-order valence-corrected chi connectivity index (χ2v) is 7.87. The second-order valence-electron chi connectivity index (χ2n) is 7.87. The van der Waals surface area contributed by atoms with Crippen LogP contribution in [0.5, 0.6) is 0 Å². The number of carbonyl (C=O) groups excluding carboxylic acids is 2. The zero-order chi connectivity index (χ0) is 19.0. The molecule has 2 aromatic heterocycles. The third kappa shape index (κ3) is 1.80. The monoisotopic (exact) mass is 368 g/mol. The number of hydrogen-bond acceptors (Lipinski definition) is 4. The molecule has 0 saturated heterocycles. The molecule has 4 nitrogen and oxygen atoms in total. The van der Waals surface area contributed by atoms with Gasteiger partial charge in [-0.3, -0.25) is 9.59 Å². The summed E-state index contributed by atoms with van der Waals surface area (Å²) >= 11 is 0. The molecule has 136 valence electrons. The van der Waals surface area contributed by atoms with Gasteiger partial charge in [0.1, 0.15) is 11.5 Å². The molecule has 4 heteroatoms. The van der Waals surface area contributed by atoms with Crippen molar-refractivity contribution in [3.05, 3.63) is 89.6 Å². The highest BCUT2D eigenvalue weighted by molar-refractivity contribution is 6.44. The van der Waals surface area contributed by atoms with Crippen molar-refractivity contribution in [3.63, 3.8) is 0 Å². The summed E-state index contributed by atoms with van der Waals surface area (Å²) in [5.41, 5.74) is 4.18. The third-order valence-corrected chi connectivity index (χ3v) is 6.39. The molecule has 4 aliphatic rings. The summed E-state index contributed by atoms with van der Waals surface area (Å²) in [6.07, 6.45) is 7.39. The van der Waals surface area contributed by atoms with Gasteiger partial charge in [-0.1, -0.05) is 31.2 Å². The lowest BCUT2D eigenvalue weighted by molar-refractivity contribution is -0.141. The lowest BCUT2D eigenvalue weighted by atomic mass is 9.52. The fourth-order valence-electron chi connectivity index (χ4n) is 5.16. The Morgan fingerprint density at radius 3 is 2.36 bits per heavy atom. The quantitative estimate of drug-likeness (QED) is 0.604. The summed E-state index contributed by atoms with van der Waals surface area (Å²) in [5, 5.41) is 0. The Balaban J connectivity index is 1.58. The van der Waals surface area contributed by atoms with Crippen LogP contribution in [-0.4, -0.2) is 11.6 Å². The molecule has 3 aromatic rings. The van der Waals surface area contributed by atoms with E-state index in [4.69, 9.17) is 8.83 Å². The smallest absolute Gasteiger partial charge is 0.210 e. The van der Waals surface area contributed by atoms with Crippen molar-refractivity contribution in [1.82, 2.24) is 0 Å². The number of ketones is 2. The Morgan fingerprint density at radius 1 is 0.893 bits per heavy atom. The molecular formula is C24H16O4. The predicted molar refractivity (Wildman–Crippen MR) is 103 cm³/mol. The zero-order valence-electron chi connectivity index (χ0n) is 15.1. The molecule has 0 radical (unpaired) electrons. The molecule has 7 rings (SSSR count). The molecule has 1 saturated carbocycles. The first-order valence-electron chi connectivity index (χ1n) is 9.32. The molecule has 3 atom stereocenters. The zero-order valence-corrected chi connectivity index (χ0v) is 15.1. The van der Waals surface area contributed by atoms with Crippen LogP contribution in [0.1, 0.15) is 35.6 Å². The number of carbonyl (C=O) groups is 2. The van der Waals surface area contributed by atoms with E-state index in [9.17, 15) is 9.59 Å². The SMILES string of the molecule is CC12C=C(c3ccco3)C=C1C1C(=O)C(=O)C2c2cc(-c3ccco3)ccc21. The Labute approximate surface area is 161 Å². The lowest BCUT2D eigenvalue weighted by Gasteiger charge is -2.48. The molecule has 0 aliphatic heterocycles. The van der Waals surface area contributed by atoms with Gasteiger partial charge in [0, 0.05) is 16.6 Å². The summed E-state index contributed by atoms with van der Waals surface area (Å²) in [6.45, 7) is 2.05. The van der Waals surface area contributed by atoms with Crippen molar-refractivity contribution in [2.45, 2.75) is 18.8 Å². The average molecular weight is 368 g/mol. The van der Waals surface area contributed by atoms with E-state index in [2.05, 4.69) is 13.0 Å². The van der Waals surface area contributed by atoms with Gasteiger partial charge in [-0.05, 0) is 47.0 Å². The number of rotatable bonds is 2. The number of fused-ring (bicyclic) bond motifs is 1. The highest BCUT2D eigenvalue weighted by Crippen LogP contribution is 2.63. The van der Waals surface area contributed by atoms with Gasteiger partial charge >= 0.3 is 0 Å². The largest absolute Gasteiger partial charge is 0.464 e. The molecule has 4 aliphatic carbocycles. The van der Waals surface area contributed by atoms with Crippen molar-refractivity contribution < 1.29 is 18.4 Å². The Morgan fingerprint density at radius 2 is 1.64 bits per heavy atom. The second kappa shape index (κ2) is 5.10. The summed E-state index contributed by atoms with van der Waals surface area (Å²) in [6, 6.07) is 13.4. The van der Waals surface area contributed by atoms with Gasteiger partial charge in [0.2, 0.25) is 11.6 Å². The maximum Gasteiger partial charge on any atom is 0.210 e. The number of hydrogen-bond donors (Lipinski definition) is 0. The van der Waals surface area contributed by atoms with E-state index in [0.717, 1.165) is 39.4 Å². The van der Waals surface area contributed by atoms with Crippen LogP contribution in [0.15, 0.2) is 81.6 Å². The van der Waals surface area contributed by atoms with Crippen LogP contribution < -0.4 is 0 Å². The van der Waals surface area contributed by atoms with Crippen molar-refractivity contribution in [1.29, 1.82) is 0 Å². The molecule has 2 bridgehead atoms. The highest BCUT2D eigenvalue weighted by Gasteiger charge is 2.60. The standard InChI is InChI=1S/C24H16O4/c1-24-12-14(19-5-3-9-28-19)11-17(24)20-15-7-6-13(18-4-2-8-27-18)10-16(15)21(24)23(26)22(20)25/h2-12,20-21H,1H3. The summed E-state index contributed by atoms with van der Waals surface area (Å²) < 4.78 is 11.1. The maximum atomic E-state index is 13.0. The van der Waals surface area contributed by atoms with Crippen molar-refractivity contribution in [3.8, 4) is 11.3 Å². The molecule has 0 amide bonds. The van der Waals surface area contributed by atoms with Crippen LogP contribution in [0.25, 0.3) is 16.9 Å². The van der Waals surface area contributed by atoms with Crippen molar-refractivity contribution in [2.75, 3.05) is 0 Å². The van der Waals surface area contributed by atoms with E-state index < -0.39 is 17.3 Å². The van der Waals surface area contributed by atoms with Crippen molar-refractivity contribution in [2.24, 2.45) is 5.41 Å². The summed E-state index contributed by atoms with van der Waals surface area (Å²) in [4.78, 5) is 25.9. The molecular weight excluding hydrogens is 352 g/mol. The summed E-state index contributed by atoms with van der Waals surface area (Å²) in [7, 11) is 0. The topological polar surface area (TPSA) is 60.4 Å². The fraction of sp³-hybridized carbons (Fsp3) is 0.167. The normalized spacial score (nSPS) is 27.5. The molecule has 0 N–H and O–H groups in total. The number of furan rings is 2. The van der Waals surface area contributed by atoms with Gasteiger partial charge in [0.25, 0.3) is 0 Å². The Hall–Kier alpha value is -3.40. The van der Waals surface area contributed by atoms with Crippen LogP contribution in [0, 0.1) is 5.41 Å². The van der Waals surface area contributed by atoms with E-state index in [1.165, 1.54) is 0 Å². The van der Waals surface area contributed by atoms with E-state index in [1.807, 2.05) is 48.5 Å². The predicted octanol–water partition coefficient (Wildman–Crippen LogP) is 4.90. The van der Waals surface area contributed by atoms with E-state index in [1.54, 1.807) is 12.5 Å². The Kier molecular flexibility index (Phi) is 2.85. The molecule has 1 aromatic carbocycles. The fourth-order valence-corrected chi connectivity index (χ4v) is 5.16. The average Bonchev–Trinajstić information content (AvgIpc) is 3.44. The molecule has 1 fully saturated rings. The van der Waals surface area contributed by atoms with E-state index >= 15 is 0 Å². The first-order chi connectivity index (χ1) is 13.6. The Bertz CT molecular complexity index is 1210. The molecule has 3 unspecified atom stereocenters. The first kappa shape index (κ1) is 15.6. The molecule has 2 heterocycles. The minimum atomic E-state index is -0.521. The van der Waals surface area contributed by atoms with Crippen LogP contribution in [0.2, 0.25) is 0 Å². The van der Waals surface area contributed by atoms with Crippen LogP contribution >= 0.6 is 0 Å². The van der Waals surface area contributed by atoms with Crippen LogP contribution in [-0.2, 0) is 9.59 Å². The van der Waals surface area contributed by atoms with Gasteiger partial charge in [-0.25, -0.2) is 0 Å². The number of benzene rings is 1. The van der Waals surface area contributed by atoms with E-state index in [0.29, 0.717) is 0 Å². The highest BCUT2D eigenvalue weighted by atomic mass is 16.3. The number of allylic oxidation sites excluding steroid dienone is 4. The number of Topliss-reactive ketones (excluding diaryl/α,β-unsaturated/α-hetero) is 2. The van der Waals surface area contributed by atoms with Gasteiger partial charge in [-0.15, -0.1) is 0 Å². The van der Waals surface area contributed by atoms with Crippen LogP contribution in [0.4, 0.5) is 0 Å². The van der Waals surface area contributed by atoms with E-state index in [-0.39, 0.29) is 11.6 Å². The lowest BCUT2D eigenvalue weighted by Crippen LogP contribution is -2.49.